The van der Waals surface area contributed by atoms with E-state index in [1.165, 1.54) is 75.5 Å². The number of benzene rings is 9. The van der Waals surface area contributed by atoms with Gasteiger partial charge >= 0.3 is 0 Å². The van der Waals surface area contributed by atoms with Crippen LogP contribution >= 0.6 is 11.3 Å². The zero-order chi connectivity index (χ0) is 35.8. The van der Waals surface area contributed by atoms with Crippen LogP contribution in [-0.2, 0) is 0 Å². The van der Waals surface area contributed by atoms with Gasteiger partial charge in [0.1, 0.15) is 0 Å². The first-order valence-corrected chi connectivity index (χ1v) is 19.2. The zero-order valence-corrected chi connectivity index (χ0v) is 30.4. The summed E-state index contributed by atoms with van der Waals surface area (Å²) in [6.45, 7) is 0. The van der Waals surface area contributed by atoms with Crippen LogP contribution < -0.4 is 4.90 Å². The third kappa shape index (κ3) is 5.74. The number of para-hydroxylation sites is 1. The summed E-state index contributed by atoms with van der Waals surface area (Å²) in [6, 6.07) is 77.1. The lowest BCUT2D eigenvalue weighted by Crippen LogP contribution is -2.11. The molecule has 0 fully saturated rings. The molecule has 0 unspecified atom stereocenters. The van der Waals surface area contributed by atoms with E-state index in [2.05, 4.69) is 217 Å². The lowest BCUT2D eigenvalue weighted by molar-refractivity contribution is 1.29. The Morgan fingerprint density at radius 2 is 0.870 bits per heavy atom. The van der Waals surface area contributed by atoms with Gasteiger partial charge in [0.05, 0.1) is 5.69 Å². The van der Waals surface area contributed by atoms with Gasteiger partial charge in [-0.2, -0.15) is 0 Å². The highest BCUT2D eigenvalue weighted by Gasteiger charge is 2.19. The molecule has 0 aliphatic rings. The van der Waals surface area contributed by atoms with Gasteiger partial charge in [-0.15, -0.1) is 11.3 Å². The molecule has 1 nitrogen and oxygen atoms in total. The minimum Gasteiger partial charge on any atom is -0.310 e. The van der Waals surface area contributed by atoms with Gasteiger partial charge in [0.2, 0.25) is 0 Å². The van der Waals surface area contributed by atoms with Crippen LogP contribution in [-0.4, -0.2) is 0 Å². The first-order chi connectivity index (χ1) is 26.8. The maximum Gasteiger partial charge on any atom is 0.0540 e. The molecule has 10 rings (SSSR count). The second-order valence-electron chi connectivity index (χ2n) is 13.7. The minimum absolute atomic E-state index is 1.11. The minimum atomic E-state index is 1.11. The Kier molecular flexibility index (Phi) is 8.09. The average Bonchev–Trinajstić information content (AvgIpc) is 3.62. The summed E-state index contributed by atoms with van der Waals surface area (Å²) in [4.78, 5) is 2.41. The fourth-order valence-corrected chi connectivity index (χ4v) is 9.06. The first kappa shape index (κ1) is 32.0. The molecule has 0 saturated carbocycles. The molecule has 9 aromatic carbocycles. The van der Waals surface area contributed by atoms with E-state index in [0.717, 1.165) is 17.1 Å². The average molecular weight is 706 g/mol. The second-order valence-corrected chi connectivity index (χ2v) is 14.8. The van der Waals surface area contributed by atoms with E-state index in [0.29, 0.717) is 0 Å². The van der Waals surface area contributed by atoms with Crippen LogP contribution in [0.3, 0.4) is 0 Å². The number of hydrogen-bond donors (Lipinski definition) is 0. The molecule has 0 N–H and O–H groups in total. The van der Waals surface area contributed by atoms with Crippen molar-refractivity contribution in [1.29, 1.82) is 0 Å². The van der Waals surface area contributed by atoms with Gasteiger partial charge in [-0.05, 0) is 92.2 Å². The van der Waals surface area contributed by atoms with Crippen molar-refractivity contribution in [2.24, 2.45) is 0 Å². The van der Waals surface area contributed by atoms with E-state index in [1.807, 2.05) is 11.3 Å². The van der Waals surface area contributed by atoms with Crippen molar-refractivity contribution in [3.8, 4) is 44.5 Å². The molecule has 0 spiro atoms. The highest BCUT2D eigenvalue weighted by atomic mass is 32.1. The number of rotatable bonds is 7. The molecule has 0 aliphatic heterocycles. The van der Waals surface area contributed by atoms with Crippen LogP contribution in [0.15, 0.2) is 212 Å². The fourth-order valence-electron chi connectivity index (χ4n) is 7.92. The predicted molar refractivity (Wildman–Crippen MR) is 233 cm³/mol. The molecule has 0 bridgehead atoms. The van der Waals surface area contributed by atoms with Gasteiger partial charge in [0.15, 0.2) is 0 Å². The smallest absolute Gasteiger partial charge is 0.0540 e. The van der Waals surface area contributed by atoms with Crippen LogP contribution in [0.1, 0.15) is 0 Å². The van der Waals surface area contributed by atoms with Crippen molar-refractivity contribution < 1.29 is 0 Å². The summed E-state index contributed by atoms with van der Waals surface area (Å²) in [5.74, 6) is 0. The lowest BCUT2D eigenvalue weighted by Gasteiger charge is -2.28. The van der Waals surface area contributed by atoms with E-state index < -0.39 is 0 Å². The van der Waals surface area contributed by atoms with Gasteiger partial charge in [-0.25, -0.2) is 0 Å². The number of hydrogen-bond acceptors (Lipinski definition) is 2. The summed E-state index contributed by atoms with van der Waals surface area (Å²) in [6.07, 6.45) is 0. The molecule has 0 radical (unpaired) electrons. The molecule has 10 aromatic rings. The fraction of sp³-hybridized carbons (Fsp3) is 0. The number of nitrogens with zero attached hydrogens (tertiary/aromatic N) is 1. The summed E-state index contributed by atoms with van der Waals surface area (Å²) in [5, 5.41) is 5.13. The van der Waals surface area contributed by atoms with Gasteiger partial charge in [-0.3, -0.25) is 0 Å². The maximum atomic E-state index is 2.41. The Labute approximate surface area is 319 Å². The first-order valence-electron chi connectivity index (χ1n) is 18.4. The van der Waals surface area contributed by atoms with E-state index in [9.17, 15) is 0 Å². The third-order valence-electron chi connectivity index (χ3n) is 10.5. The molecule has 1 heterocycles. The molecule has 1 aromatic heterocycles. The van der Waals surface area contributed by atoms with Crippen molar-refractivity contribution in [2.45, 2.75) is 0 Å². The highest BCUT2D eigenvalue weighted by Crippen LogP contribution is 2.44. The molecule has 2 heteroatoms. The van der Waals surface area contributed by atoms with Gasteiger partial charge in [0.25, 0.3) is 0 Å². The topological polar surface area (TPSA) is 3.24 Å². The van der Waals surface area contributed by atoms with E-state index >= 15 is 0 Å². The molecule has 0 atom stereocenters. The molecule has 0 saturated heterocycles. The summed E-state index contributed by atoms with van der Waals surface area (Å²) >= 11 is 1.86. The monoisotopic (exact) mass is 705 g/mol. The van der Waals surface area contributed by atoms with Crippen molar-refractivity contribution in [2.75, 3.05) is 4.90 Å². The van der Waals surface area contributed by atoms with Gasteiger partial charge in [0, 0.05) is 37.1 Å². The highest BCUT2D eigenvalue weighted by molar-refractivity contribution is 7.25. The van der Waals surface area contributed by atoms with Crippen LogP contribution in [0.25, 0.3) is 75.5 Å². The summed E-state index contributed by atoms with van der Waals surface area (Å²) < 4.78 is 2.60. The molecule has 0 aliphatic carbocycles. The molecular formula is C52H35NS. The largest absolute Gasteiger partial charge is 0.310 e. The van der Waals surface area contributed by atoms with Crippen molar-refractivity contribution in [3.05, 3.63) is 212 Å². The second kappa shape index (κ2) is 13.7. The quantitative estimate of drug-likeness (QED) is 0.160. The molecule has 254 valence electrons. The third-order valence-corrected chi connectivity index (χ3v) is 11.6. The Hall–Kier alpha value is -6.74. The molecular weight excluding hydrogens is 671 g/mol. The lowest BCUT2D eigenvalue weighted by atomic mass is 9.90. The van der Waals surface area contributed by atoms with E-state index in [4.69, 9.17) is 0 Å². The predicted octanol–water partition coefficient (Wildman–Crippen LogP) is 15.3. The number of fused-ring (bicyclic) bond motifs is 4. The van der Waals surface area contributed by atoms with E-state index in [1.54, 1.807) is 0 Å². The van der Waals surface area contributed by atoms with Crippen LogP contribution in [0.2, 0.25) is 0 Å². The zero-order valence-electron chi connectivity index (χ0n) is 29.6. The SMILES string of the molecule is c1ccc(-c2ccccc2N(c2ccc(-c3cccc(-c4cccc5cccc(-c6ccccc6)c45)c3)cc2)c2ccc3c(c2)sc2ccccc23)cc1. The Balaban J connectivity index is 1.08. The summed E-state index contributed by atoms with van der Waals surface area (Å²) in [7, 11) is 0. The van der Waals surface area contributed by atoms with Crippen molar-refractivity contribution in [3.63, 3.8) is 0 Å². The van der Waals surface area contributed by atoms with Crippen LogP contribution in [0, 0.1) is 0 Å². The normalized spacial score (nSPS) is 11.3. The van der Waals surface area contributed by atoms with Crippen molar-refractivity contribution in [1.82, 2.24) is 0 Å². The van der Waals surface area contributed by atoms with Gasteiger partial charge < -0.3 is 4.90 Å². The molecule has 54 heavy (non-hydrogen) atoms. The number of anilines is 3. The van der Waals surface area contributed by atoms with Crippen LogP contribution in [0.4, 0.5) is 17.1 Å². The number of thiophene rings is 1. The van der Waals surface area contributed by atoms with Crippen LogP contribution in [0.5, 0.6) is 0 Å². The maximum absolute atomic E-state index is 2.41. The summed E-state index contributed by atoms with van der Waals surface area (Å²) in [5.41, 5.74) is 13.1. The Bertz CT molecular complexity index is 2920. The Morgan fingerprint density at radius 1 is 0.315 bits per heavy atom. The standard InChI is InChI=1S/C52H35NS/c1-3-14-37(15-4-1)44-22-7-9-26-49(44)53(43-32-33-48-47-23-8-10-27-50(47)54-51(48)35-43)42-30-28-36(29-31-42)40-20-11-21-41(34-40)46-25-13-19-39-18-12-24-45(52(39)46)38-16-5-2-6-17-38/h1-35H. The molecule has 0 amide bonds. The van der Waals surface area contributed by atoms with Gasteiger partial charge in [-0.1, -0.05) is 170 Å². The van der Waals surface area contributed by atoms with E-state index in [-0.39, 0.29) is 0 Å². The van der Waals surface area contributed by atoms with Crippen molar-refractivity contribution >= 4 is 59.3 Å². The Morgan fingerprint density at radius 3 is 1.65 bits per heavy atom.